The summed E-state index contributed by atoms with van der Waals surface area (Å²) in [6.07, 6.45) is 3.88. The molecule has 1 aliphatic heterocycles. The van der Waals surface area contributed by atoms with E-state index < -0.39 is 0 Å². The van der Waals surface area contributed by atoms with Crippen LogP contribution in [0.25, 0.3) is 0 Å². The van der Waals surface area contributed by atoms with Crippen molar-refractivity contribution in [2.24, 2.45) is 0 Å². The van der Waals surface area contributed by atoms with E-state index >= 15 is 0 Å². The Balaban J connectivity index is 1.73. The quantitative estimate of drug-likeness (QED) is 0.923. The van der Waals surface area contributed by atoms with Gasteiger partial charge in [-0.2, -0.15) is 0 Å². The maximum absolute atomic E-state index is 11.8. The molecule has 0 spiro atoms. The van der Waals surface area contributed by atoms with Crippen LogP contribution in [0.1, 0.15) is 35.9 Å². The third-order valence-electron chi connectivity index (χ3n) is 3.42. The number of nitrogens with one attached hydrogen (secondary N) is 1. The van der Waals surface area contributed by atoms with Crippen LogP contribution in [0.2, 0.25) is 4.34 Å². The first kappa shape index (κ1) is 13.8. The first-order valence-corrected chi connectivity index (χ1v) is 7.64. The number of halogens is 1. The number of rotatable bonds is 4. The van der Waals surface area contributed by atoms with E-state index in [1.807, 2.05) is 0 Å². The Hall–Kier alpha value is -0.580. The summed E-state index contributed by atoms with van der Waals surface area (Å²) < 4.78 is 0.657. The lowest BCUT2D eigenvalue weighted by Gasteiger charge is -2.33. The summed E-state index contributed by atoms with van der Waals surface area (Å²) in [6, 6.07) is 4.17. The molecule has 0 aromatic carbocycles. The highest BCUT2D eigenvalue weighted by molar-refractivity contribution is 7.17. The third kappa shape index (κ3) is 3.70. The second kappa shape index (κ2) is 6.55. The van der Waals surface area contributed by atoms with Gasteiger partial charge in [-0.1, -0.05) is 18.0 Å². The SMILES string of the molecule is C[C@H]1CCCCN1CCNC(=O)c1ccc(Cl)s1. The average molecular weight is 287 g/mol. The molecule has 2 heterocycles. The maximum Gasteiger partial charge on any atom is 0.261 e. The molecule has 0 bridgehead atoms. The van der Waals surface area contributed by atoms with Gasteiger partial charge in [0.15, 0.2) is 0 Å². The van der Waals surface area contributed by atoms with Gasteiger partial charge in [0.25, 0.3) is 5.91 Å². The number of thiophene rings is 1. The van der Waals surface area contributed by atoms with Gasteiger partial charge in [0, 0.05) is 19.1 Å². The predicted molar refractivity (Wildman–Crippen MR) is 76.5 cm³/mol. The Labute approximate surface area is 117 Å². The summed E-state index contributed by atoms with van der Waals surface area (Å²) in [5, 5.41) is 2.95. The minimum atomic E-state index is -0.0171. The fourth-order valence-electron chi connectivity index (χ4n) is 2.33. The van der Waals surface area contributed by atoms with E-state index in [-0.39, 0.29) is 5.91 Å². The van der Waals surface area contributed by atoms with Gasteiger partial charge in [-0.25, -0.2) is 0 Å². The summed E-state index contributed by atoms with van der Waals surface area (Å²) >= 11 is 7.13. The number of piperidine rings is 1. The molecule has 1 atom stereocenters. The molecule has 1 amide bonds. The average Bonchev–Trinajstić information content (AvgIpc) is 2.78. The molecule has 0 aliphatic carbocycles. The van der Waals surface area contributed by atoms with E-state index in [1.165, 1.54) is 30.6 Å². The monoisotopic (exact) mass is 286 g/mol. The predicted octanol–water partition coefficient (Wildman–Crippen LogP) is 3.01. The van der Waals surface area contributed by atoms with E-state index in [1.54, 1.807) is 12.1 Å². The van der Waals surface area contributed by atoms with Crippen LogP contribution >= 0.6 is 22.9 Å². The standard InChI is InChI=1S/C13H19ClN2OS/c1-10-4-2-3-8-16(10)9-7-15-13(17)11-5-6-12(14)18-11/h5-6,10H,2-4,7-9H2,1H3,(H,15,17)/t10-/m0/s1. The molecule has 1 N–H and O–H groups in total. The van der Waals surface area contributed by atoms with Crippen LogP contribution in [-0.4, -0.2) is 36.5 Å². The molecular weight excluding hydrogens is 268 g/mol. The van der Waals surface area contributed by atoms with Crippen LogP contribution in [0.15, 0.2) is 12.1 Å². The molecule has 100 valence electrons. The number of carbonyl (C=O) groups excluding carboxylic acids is 1. The summed E-state index contributed by atoms with van der Waals surface area (Å²) in [4.78, 5) is 14.9. The van der Waals surface area contributed by atoms with Crippen molar-refractivity contribution in [3.05, 3.63) is 21.3 Å². The van der Waals surface area contributed by atoms with Crippen molar-refractivity contribution in [3.63, 3.8) is 0 Å². The molecule has 5 heteroatoms. The lowest BCUT2D eigenvalue weighted by Crippen LogP contribution is -2.42. The summed E-state index contributed by atoms with van der Waals surface area (Å²) in [5.74, 6) is -0.0171. The smallest absolute Gasteiger partial charge is 0.261 e. The molecule has 2 rings (SSSR count). The molecule has 1 saturated heterocycles. The molecule has 1 aliphatic rings. The lowest BCUT2D eigenvalue weighted by atomic mass is 10.0. The number of nitrogens with zero attached hydrogens (tertiary/aromatic N) is 1. The zero-order valence-electron chi connectivity index (χ0n) is 10.6. The van der Waals surface area contributed by atoms with Gasteiger partial charge in [-0.05, 0) is 38.4 Å². The maximum atomic E-state index is 11.8. The molecule has 3 nitrogen and oxygen atoms in total. The Bertz CT molecular complexity index is 407. The fraction of sp³-hybridized carbons (Fsp3) is 0.615. The number of amides is 1. The van der Waals surface area contributed by atoms with E-state index in [0.29, 0.717) is 21.8 Å². The van der Waals surface area contributed by atoms with Crippen LogP contribution in [0.3, 0.4) is 0 Å². The Morgan fingerprint density at radius 1 is 1.56 bits per heavy atom. The Morgan fingerprint density at radius 2 is 2.39 bits per heavy atom. The molecule has 0 unspecified atom stereocenters. The molecular formula is C13H19ClN2OS. The zero-order valence-corrected chi connectivity index (χ0v) is 12.2. The second-order valence-electron chi connectivity index (χ2n) is 4.74. The van der Waals surface area contributed by atoms with E-state index in [9.17, 15) is 4.79 Å². The minimum absolute atomic E-state index is 0.0171. The van der Waals surface area contributed by atoms with Gasteiger partial charge in [0.2, 0.25) is 0 Å². The van der Waals surface area contributed by atoms with Crippen LogP contribution in [-0.2, 0) is 0 Å². The first-order valence-electron chi connectivity index (χ1n) is 6.44. The van der Waals surface area contributed by atoms with Gasteiger partial charge in [0.1, 0.15) is 0 Å². The van der Waals surface area contributed by atoms with Gasteiger partial charge in [0.05, 0.1) is 9.21 Å². The van der Waals surface area contributed by atoms with Crippen molar-refractivity contribution in [1.82, 2.24) is 10.2 Å². The summed E-state index contributed by atoms with van der Waals surface area (Å²) in [6.45, 7) is 5.06. The van der Waals surface area contributed by atoms with Crippen molar-refractivity contribution in [1.29, 1.82) is 0 Å². The summed E-state index contributed by atoms with van der Waals surface area (Å²) in [7, 11) is 0. The van der Waals surface area contributed by atoms with Crippen molar-refractivity contribution >= 4 is 28.8 Å². The fourth-order valence-corrected chi connectivity index (χ4v) is 3.29. The van der Waals surface area contributed by atoms with Crippen LogP contribution in [0.5, 0.6) is 0 Å². The number of hydrogen-bond donors (Lipinski definition) is 1. The van der Waals surface area contributed by atoms with E-state index in [2.05, 4.69) is 17.1 Å². The molecule has 0 saturated carbocycles. The van der Waals surface area contributed by atoms with Crippen LogP contribution < -0.4 is 5.32 Å². The van der Waals surface area contributed by atoms with Crippen molar-refractivity contribution < 1.29 is 4.79 Å². The lowest BCUT2D eigenvalue weighted by molar-refractivity contribution is 0.0942. The molecule has 1 fully saturated rings. The topological polar surface area (TPSA) is 32.3 Å². The Morgan fingerprint density at radius 3 is 3.06 bits per heavy atom. The highest BCUT2D eigenvalue weighted by Gasteiger charge is 2.17. The highest BCUT2D eigenvalue weighted by Crippen LogP contribution is 2.21. The number of likely N-dealkylation sites (tertiary alicyclic amines) is 1. The van der Waals surface area contributed by atoms with Gasteiger partial charge >= 0.3 is 0 Å². The van der Waals surface area contributed by atoms with Gasteiger partial charge in [-0.15, -0.1) is 11.3 Å². The van der Waals surface area contributed by atoms with E-state index in [4.69, 9.17) is 11.6 Å². The van der Waals surface area contributed by atoms with Crippen molar-refractivity contribution in [3.8, 4) is 0 Å². The largest absolute Gasteiger partial charge is 0.350 e. The van der Waals surface area contributed by atoms with Gasteiger partial charge < -0.3 is 5.32 Å². The second-order valence-corrected chi connectivity index (χ2v) is 6.46. The molecule has 1 aromatic rings. The minimum Gasteiger partial charge on any atom is -0.350 e. The van der Waals surface area contributed by atoms with E-state index in [0.717, 1.165) is 13.1 Å². The number of hydrogen-bond acceptors (Lipinski definition) is 3. The Kier molecular flexibility index (Phi) is 5.03. The molecule has 1 aromatic heterocycles. The zero-order chi connectivity index (χ0) is 13.0. The number of carbonyl (C=O) groups is 1. The summed E-state index contributed by atoms with van der Waals surface area (Å²) in [5.41, 5.74) is 0. The first-order chi connectivity index (χ1) is 8.66. The van der Waals surface area contributed by atoms with Gasteiger partial charge in [-0.3, -0.25) is 9.69 Å². The molecule has 18 heavy (non-hydrogen) atoms. The highest BCUT2D eigenvalue weighted by atomic mass is 35.5. The molecule has 0 radical (unpaired) electrons. The third-order valence-corrected chi connectivity index (χ3v) is 4.65. The normalized spacial score (nSPS) is 20.9. The van der Waals surface area contributed by atoms with Crippen LogP contribution in [0, 0.1) is 0 Å². The van der Waals surface area contributed by atoms with Crippen LogP contribution in [0.4, 0.5) is 0 Å². The van der Waals surface area contributed by atoms with Crippen molar-refractivity contribution in [2.45, 2.75) is 32.2 Å². The van der Waals surface area contributed by atoms with Crippen molar-refractivity contribution in [2.75, 3.05) is 19.6 Å².